The summed E-state index contributed by atoms with van der Waals surface area (Å²) in [7, 11) is 1.36. The molecule has 0 spiro atoms. The lowest BCUT2D eigenvalue weighted by Gasteiger charge is -2.15. The van der Waals surface area contributed by atoms with Gasteiger partial charge in [0.2, 0.25) is 5.91 Å². The van der Waals surface area contributed by atoms with E-state index in [1.54, 1.807) is 12.1 Å². The van der Waals surface area contributed by atoms with Gasteiger partial charge in [-0.25, -0.2) is 0 Å². The fourth-order valence-corrected chi connectivity index (χ4v) is 2.53. The van der Waals surface area contributed by atoms with Crippen LogP contribution in [0.25, 0.3) is 0 Å². The maximum absolute atomic E-state index is 12.3. The van der Waals surface area contributed by atoms with E-state index in [9.17, 15) is 18.0 Å². The van der Waals surface area contributed by atoms with Crippen LogP contribution in [0.1, 0.15) is 18.4 Å². The molecule has 1 amide bonds. The number of hydrogen-bond donors (Lipinski definition) is 2. The highest BCUT2D eigenvalue weighted by atomic mass is 19.4. The van der Waals surface area contributed by atoms with Crippen molar-refractivity contribution in [3.8, 4) is 11.5 Å². The first-order chi connectivity index (χ1) is 12.4. The van der Waals surface area contributed by atoms with Gasteiger partial charge in [-0.15, -0.1) is 0 Å². The highest BCUT2D eigenvalue weighted by molar-refractivity contribution is 5.76. The number of halogens is 3. The van der Waals surface area contributed by atoms with E-state index >= 15 is 0 Å². The Labute approximate surface area is 150 Å². The highest BCUT2D eigenvalue weighted by Crippen LogP contribution is 2.30. The zero-order chi connectivity index (χ0) is 19.0. The second kappa shape index (κ2) is 9.47. The number of nitrogens with one attached hydrogen (secondary N) is 2. The SMILES string of the molecule is COc1cc(CCC(=O)NCC2=CCNCC2)ccc1OCC(F)(F)F. The number of carbonyl (C=O) groups is 1. The van der Waals surface area contributed by atoms with Gasteiger partial charge in [0.1, 0.15) is 0 Å². The molecule has 1 aliphatic heterocycles. The van der Waals surface area contributed by atoms with Gasteiger partial charge in [-0.05, 0) is 37.1 Å². The third kappa shape index (κ3) is 6.95. The lowest BCUT2D eigenvalue weighted by Crippen LogP contribution is -2.29. The Morgan fingerprint density at radius 3 is 2.77 bits per heavy atom. The van der Waals surface area contributed by atoms with Gasteiger partial charge in [0.25, 0.3) is 0 Å². The van der Waals surface area contributed by atoms with Crippen LogP contribution in [0.5, 0.6) is 11.5 Å². The summed E-state index contributed by atoms with van der Waals surface area (Å²) in [5.41, 5.74) is 2.00. The molecule has 1 heterocycles. The summed E-state index contributed by atoms with van der Waals surface area (Å²) in [4.78, 5) is 12.0. The molecule has 0 fully saturated rings. The van der Waals surface area contributed by atoms with Crippen LogP contribution in [-0.2, 0) is 11.2 Å². The molecule has 26 heavy (non-hydrogen) atoms. The van der Waals surface area contributed by atoms with E-state index in [4.69, 9.17) is 9.47 Å². The smallest absolute Gasteiger partial charge is 0.422 e. The first-order valence-corrected chi connectivity index (χ1v) is 8.39. The summed E-state index contributed by atoms with van der Waals surface area (Å²) in [5.74, 6) is 0.170. The number of amides is 1. The van der Waals surface area contributed by atoms with Gasteiger partial charge in [-0.2, -0.15) is 13.2 Å². The number of carbonyl (C=O) groups excluding carboxylic acids is 1. The number of alkyl halides is 3. The molecule has 0 atom stereocenters. The van der Waals surface area contributed by atoms with Crippen molar-refractivity contribution >= 4 is 5.91 Å². The average molecular weight is 372 g/mol. The van der Waals surface area contributed by atoms with Gasteiger partial charge in [-0.1, -0.05) is 17.7 Å². The number of ether oxygens (including phenoxy) is 2. The average Bonchev–Trinajstić information content (AvgIpc) is 2.63. The molecule has 1 aromatic rings. The van der Waals surface area contributed by atoms with Crippen molar-refractivity contribution in [2.75, 3.05) is 33.4 Å². The summed E-state index contributed by atoms with van der Waals surface area (Å²) >= 11 is 0. The standard InChI is InChI=1S/C18H23F3N2O3/c1-25-16-10-13(2-4-15(16)26-12-18(19,20)21)3-5-17(24)23-11-14-6-8-22-9-7-14/h2,4,6,10,22H,3,5,7-9,11-12H2,1H3,(H,23,24). The van der Waals surface area contributed by atoms with Gasteiger partial charge in [0, 0.05) is 19.5 Å². The fourth-order valence-electron chi connectivity index (χ4n) is 2.53. The molecule has 0 bridgehead atoms. The largest absolute Gasteiger partial charge is 0.493 e. The van der Waals surface area contributed by atoms with Crippen LogP contribution in [0.2, 0.25) is 0 Å². The van der Waals surface area contributed by atoms with Gasteiger partial charge in [-0.3, -0.25) is 4.79 Å². The van der Waals surface area contributed by atoms with Crippen molar-refractivity contribution in [1.29, 1.82) is 0 Å². The number of benzene rings is 1. The zero-order valence-corrected chi connectivity index (χ0v) is 14.6. The van der Waals surface area contributed by atoms with Crippen molar-refractivity contribution in [3.05, 3.63) is 35.4 Å². The molecule has 0 unspecified atom stereocenters. The number of aryl methyl sites for hydroxylation is 1. The van der Waals surface area contributed by atoms with Crippen LogP contribution in [0, 0.1) is 0 Å². The molecular weight excluding hydrogens is 349 g/mol. The van der Waals surface area contributed by atoms with Crippen molar-refractivity contribution < 1.29 is 27.4 Å². The third-order valence-electron chi connectivity index (χ3n) is 3.93. The molecule has 1 aliphatic rings. The predicted molar refractivity (Wildman–Crippen MR) is 91.4 cm³/mol. The second-order valence-electron chi connectivity index (χ2n) is 5.98. The summed E-state index contributed by atoms with van der Waals surface area (Å²) < 4.78 is 46.6. The summed E-state index contributed by atoms with van der Waals surface area (Å²) in [6.07, 6.45) is -0.656. The van der Waals surface area contributed by atoms with E-state index in [1.165, 1.54) is 18.7 Å². The van der Waals surface area contributed by atoms with E-state index in [0.29, 0.717) is 13.0 Å². The Bertz CT molecular complexity index is 645. The monoisotopic (exact) mass is 372 g/mol. The summed E-state index contributed by atoms with van der Waals surface area (Å²) in [5, 5.41) is 6.09. The molecule has 0 aliphatic carbocycles. The van der Waals surface area contributed by atoms with E-state index in [-0.39, 0.29) is 23.8 Å². The lowest BCUT2D eigenvalue weighted by molar-refractivity contribution is -0.153. The molecule has 2 N–H and O–H groups in total. The van der Waals surface area contributed by atoms with Crippen LogP contribution in [0.3, 0.4) is 0 Å². The van der Waals surface area contributed by atoms with Crippen molar-refractivity contribution in [2.24, 2.45) is 0 Å². The van der Waals surface area contributed by atoms with Gasteiger partial charge in [0.05, 0.1) is 7.11 Å². The molecule has 0 radical (unpaired) electrons. The lowest BCUT2D eigenvalue weighted by atomic mass is 10.1. The molecule has 0 saturated heterocycles. The van der Waals surface area contributed by atoms with E-state index in [0.717, 1.165) is 25.1 Å². The quantitative estimate of drug-likeness (QED) is 0.689. The predicted octanol–water partition coefficient (Wildman–Crippen LogP) is 2.60. The third-order valence-corrected chi connectivity index (χ3v) is 3.93. The topological polar surface area (TPSA) is 59.6 Å². The van der Waals surface area contributed by atoms with Crippen molar-refractivity contribution in [2.45, 2.75) is 25.4 Å². The van der Waals surface area contributed by atoms with Crippen LogP contribution in [0.15, 0.2) is 29.8 Å². The second-order valence-corrected chi connectivity index (χ2v) is 5.98. The van der Waals surface area contributed by atoms with Gasteiger partial charge in [0.15, 0.2) is 18.1 Å². The van der Waals surface area contributed by atoms with Crippen molar-refractivity contribution in [3.63, 3.8) is 0 Å². The molecule has 2 rings (SSSR count). The minimum Gasteiger partial charge on any atom is -0.493 e. The Kier molecular flexibility index (Phi) is 7.32. The fraction of sp³-hybridized carbons (Fsp3) is 0.500. The zero-order valence-electron chi connectivity index (χ0n) is 14.6. The van der Waals surface area contributed by atoms with Gasteiger partial charge >= 0.3 is 6.18 Å². The first kappa shape index (κ1) is 20.1. The minimum atomic E-state index is -4.41. The molecular formula is C18H23F3N2O3. The minimum absolute atomic E-state index is 0.0240. The maximum atomic E-state index is 12.3. The molecule has 5 nitrogen and oxygen atoms in total. The highest BCUT2D eigenvalue weighted by Gasteiger charge is 2.29. The Morgan fingerprint density at radius 2 is 2.12 bits per heavy atom. The van der Waals surface area contributed by atoms with E-state index < -0.39 is 12.8 Å². The van der Waals surface area contributed by atoms with E-state index in [2.05, 4.69) is 16.7 Å². The number of rotatable bonds is 8. The Hall–Kier alpha value is -2.22. The van der Waals surface area contributed by atoms with Crippen LogP contribution in [0.4, 0.5) is 13.2 Å². The number of methoxy groups -OCH3 is 1. The molecule has 0 aromatic heterocycles. The molecule has 0 saturated carbocycles. The van der Waals surface area contributed by atoms with Crippen LogP contribution < -0.4 is 20.1 Å². The Balaban J connectivity index is 1.83. The molecule has 1 aromatic carbocycles. The number of hydrogen-bond acceptors (Lipinski definition) is 4. The van der Waals surface area contributed by atoms with Crippen molar-refractivity contribution in [1.82, 2.24) is 10.6 Å². The maximum Gasteiger partial charge on any atom is 0.422 e. The summed E-state index contributed by atoms with van der Waals surface area (Å²) in [6.45, 7) is 0.919. The summed E-state index contributed by atoms with van der Waals surface area (Å²) in [6, 6.07) is 4.66. The first-order valence-electron chi connectivity index (χ1n) is 8.39. The molecule has 144 valence electrons. The van der Waals surface area contributed by atoms with Crippen LogP contribution in [-0.4, -0.2) is 45.4 Å². The van der Waals surface area contributed by atoms with E-state index in [1.807, 2.05) is 0 Å². The van der Waals surface area contributed by atoms with Crippen LogP contribution >= 0.6 is 0 Å². The van der Waals surface area contributed by atoms with Gasteiger partial charge < -0.3 is 20.1 Å². The Morgan fingerprint density at radius 1 is 1.31 bits per heavy atom. The molecule has 8 heteroatoms. The normalized spacial score (nSPS) is 14.5.